The Morgan fingerprint density at radius 1 is 1.19 bits per heavy atom. The van der Waals surface area contributed by atoms with Crippen molar-refractivity contribution < 1.29 is 19.5 Å². The third-order valence-electron chi connectivity index (χ3n) is 3.40. The van der Waals surface area contributed by atoms with Crippen molar-refractivity contribution in [3.8, 4) is 0 Å². The summed E-state index contributed by atoms with van der Waals surface area (Å²) in [7, 11) is 0. The largest absolute Gasteiger partial charge is 0.481 e. The van der Waals surface area contributed by atoms with Gasteiger partial charge >= 0.3 is 5.97 Å². The molecule has 1 fully saturated rings. The number of ketones is 2. The molecule has 0 aromatic carbocycles. The summed E-state index contributed by atoms with van der Waals surface area (Å²) in [6.07, 6.45) is 1.94. The van der Waals surface area contributed by atoms with E-state index in [0.29, 0.717) is 25.7 Å². The summed E-state index contributed by atoms with van der Waals surface area (Å²) in [5.74, 6) is -1.29. The van der Waals surface area contributed by atoms with Crippen molar-refractivity contribution in [3.63, 3.8) is 0 Å². The minimum absolute atomic E-state index is 0.0299. The van der Waals surface area contributed by atoms with Crippen LogP contribution in [0.5, 0.6) is 0 Å². The first-order valence-electron chi connectivity index (χ1n) is 5.64. The van der Waals surface area contributed by atoms with Gasteiger partial charge in [-0.2, -0.15) is 0 Å². The van der Waals surface area contributed by atoms with E-state index in [1.807, 2.05) is 0 Å². The standard InChI is InChI=1S/C12H18O4/c1-7(13)5-10-6-9(12(15)16)3-4-11(10)8(2)14/h9-11H,3-6H2,1-2H3,(H,15,16). The number of hydrogen-bond donors (Lipinski definition) is 1. The molecule has 0 spiro atoms. The first-order valence-corrected chi connectivity index (χ1v) is 5.64. The van der Waals surface area contributed by atoms with E-state index in [1.165, 1.54) is 13.8 Å². The molecular weight excluding hydrogens is 208 g/mol. The molecule has 0 aromatic heterocycles. The molecule has 4 heteroatoms. The summed E-state index contributed by atoms with van der Waals surface area (Å²) < 4.78 is 0. The number of carboxylic acids is 1. The van der Waals surface area contributed by atoms with Crippen LogP contribution in [0.1, 0.15) is 39.5 Å². The quantitative estimate of drug-likeness (QED) is 0.791. The van der Waals surface area contributed by atoms with E-state index in [4.69, 9.17) is 5.11 Å². The number of carbonyl (C=O) groups excluding carboxylic acids is 2. The molecule has 0 aliphatic heterocycles. The molecule has 16 heavy (non-hydrogen) atoms. The predicted molar refractivity (Wildman–Crippen MR) is 57.9 cm³/mol. The molecule has 0 bridgehead atoms. The van der Waals surface area contributed by atoms with Gasteiger partial charge in [-0.05, 0) is 39.0 Å². The van der Waals surface area contributed by atoms with Gasteiger partial charge < -0.3 is 9.90 Å². The number of carboxylic acid groups (broad SMARTS) is 1. The first kappa shape index (κ1) is 12.9. The number of rotatable bonds is 4. The first-order chi connectivity index (χ1) is 7.41. The molecule has 0 radical (unpaired) electrons. The van der Waals surface area contributed by atoms with Gasteiger partial charge in [-0.3, -0.25) is 9.59 Å². The van der Waals surface area contributed by atoms with Gasteiger partial charge in [-0.1, -0.05) is 0 Å². The lowest BCUT2D eigenvalue weighted by atomic mass is 9.71. The zero-order valence-corrected chi connectivity index (χ0v) is 9.73. The molecule has 0 heterocycles. The summed E-state index contributed by atoms with van der Waals surface area (Å²) >= 11 is 0. The molecule has 3 atom stereocenters. The van der Waals surface area contributed by atoms with Gasteiger partial charge in [0, 0.05) is 12.3 Å². The van der Waals surface area contributed by atoms with E-state index < -0.39 is 5.97 Å². The normalized spacial score (nSPS) is 29.8. The van der Waals surface area contributed by atoms with Crippen LogP contribution in [0, 0.1) is 17.8 Å². The highest BCUT2D eigenvalue weighted by molar-refractivity contribution is 5.81. The summed E-state index contributed by atoms with van der Waals surface area (Å²) in [6, 6.07) is 0. The Balaban J connectivity index is 2.72. The van der Waals surface area contributed by atoms with Crippen LogP contribution in [-0.4, -0.2) is 22.6 Å². The maximum absolute atomic E-state index is 11.4. The summed E-state index contributed by atoms with van der Waals surface area (Å²) in [6.45, 7) is 3.01. The topological polar surface area (TPSA) is 71.4 Å². The SMILES string of the molecule is CC(=O)CC1CC(C(=O)O)CCC1C(C)=O. The lowest BCUT2D eigenvalue weighted by Gasteiger charge is -2.32. The summed E-state index contributed by atoms with van der Waals surface area (Å²) in [4.78, 5) is 33.4. The van der Waals surface area contributed by atoms with Crippen molar-refractivity contribution in [2.24, 2.45) is 17.8 Å². The minimum Gasteiger partial charge on any atom is -0.481 e. The molecule has 4 nitrogen and oxygen atoms in total. The number of hydrogen-bond acceptors (Lipinski definition) is 3. The van der Waals surface area contributed by atoms with Gasteiger partial charge in [-0.15, -0.1) is 0 Å². The van der Waals surface area contributed by atoms with Crippen LogP contribution in [0.3, 0.4) is 0 Å². The zero-order valence-electron chi connectivity index (χ0n) is 9.73. The lowest BCUT2D eigenvalue weighted by molar-refractivity contribution is -0.145. The molecule has 1 aliphatic carbocycles. The fourth-order valence-corrected chi connectivity index (χ4v) is 2.62. The van der Waals surface area contributed by atoms with Gasteiger partial charge in [0.05, 0.1) is 5.92 Å². The average molecular weight is 226 g/mol. The fourth-order valence-electron chi connectivity index (χ4n) is 2.62. The Hall–Kier alpha value is -1.19. The van der Waals surface area contributed by atoms with Crippen molar-refractivity contribution in [3.05, 3.63) is 0 Å². The molecule has 1 saturated carbocycles. The van der Waals surface area contributed by atoms with Gasteiger partial charge in [0.25, 0.3) is 0 Å². The van der Waals surface area contributed by atoms with E-state index in [0.717, 1.165) is 0 Å². The Kier molecular flexibility index (Phi) is 4.21. The maximum atomic E-state index is 11.4. The Labute approximate surface area is 95.0 Å². The highest BCUT2D eigenvalue weighted by Crippen LogP contribution is 2.36. The number of carbonyl (C=O) groups is 3. The molecule has 0 aromatic rings. The monoisotopic (exact) mass is 226 g/mol. The van der Waals surface area contributed by atoms with Crippen molar-refractivity contribution in [2.45, 2.75) is 39.5 Å². The molecule has 90 valence electrons. The van der Waals surface area contributed by atoms with Gasteiger partial charge in [0.15, 0.2) is 0 Å². The van der Waals surface area contributed by atoms with E-state index in [9.17, 15) is 14.4 Å². The molecule has 0 amide bonds. The maximum Gasteiger partial charge on any atom is 0.306 e. The van der Waals surface area contributed by atoms with Crippen LogP contribution in [0.2, 0.25) is 0 Å². The third kappa shape index (κ3) is 3.15. The number of Topliss-reactive ketones (excluding diaryl/α,β-unsaturated/α-hetero) is 2. The van der Waals surface area contributed by atoms with Crippen molar-refractivity contribution in [2.75, 3.05) is 0 Å². The van der Waals surface area contributed by atoms with Crippen LogP contribution in [-0.2, 0) is 14.4 Å². The van der Waals surface area contributed by atoms with Crippen LogP contribution in [0.4, 0.5) is 0 Å². The van der Waals surface area contributed by atoms with Crippen LogP contribution >= 0.6 is 0 Å². The van der Waals surface area contributed by atoms with Crippen LogP contribution < -0.4 is 0 Å². The zero-order chi connectivity index (χ0) is 12.3. The van der Waals surface area contributed by atoms with Gasteiger partial charge in [0.2, 0.25) is 0 Å². The third-order valence-corrected chi connectivity index (χ3v) is 3.40. The highest BCUT2D eigenvalue weighted by Gasteiger charge is 2.36. The highest BCUT2D eigenvalue weighted by atomic mass is 16.4. The molecule has 1 rings (SSSR count). The molecule has 1 N–H and O–H groups in total. The van der Waals surface area contributed by atoms with Crippen LogP contribution in [0.15, 0.2) is 0 Å². The molecule has 0 saturated heterocycles. The van der Waals surface area contributed by atoms with Crippen molar-refractivity contribution in [1.82, 2.24) is 0 Å². The second-order valence-corrected chi connectivity index (χ2v) is 4.73. The summed E-state index contributed by atoms with van der Waals surface area (Å²) in [5, 5.41) is 8.95. The van der Waals surface area contributed by atoms with E-state index in [2.05, 4.69) is 0 Å². The smallest absolute Gasteiger partial charge is 0.306 e. The average Bonchev–Trinajstić information content (AvgIpc) is 2.15. The van der Waals surface area contributed by atoms with Gasteiger partial charge in [-0.25, -0.2) is 0 Å². The van der Waals surface area contributed by atoms with E-state index >= 15 is 0 Å². The predicted octanol–water partition coefficient (Wildman–Crippen LogP) is 1.67. The van der Waals surface area contributed by atoms with Crippen molar-refractivity contribution in [1.29, 1.82) is 0 Å². The van der Waals surface area contributed by atoms with Crippen molar-refractivity contribution >= 4 is 17.5 Å². The molecule has 3 unspecified atom stereocenters. The number of aliphatic carboxylic acids is 1. The lowest BCUT2D eigenvalue weighted by Crippen LogP contribution is -2.33. The van der Waals surface area contributed by atoms with E-state index in [-0.39, 0.29) is 29.3 Å². The second kappa shape index (κ2) is 5.23. The summed E-state index contributed by atoms with van der Waals surface area (Å²) in [5.41, 5.74) is 0. The van der Waals surface area contributed by atoms with Gasteiger partial charge in [0.1, 0.15) is 11.6 Å². The Morgan fingerprint density at radius 3 is 2.25 bits per heavy atom. The van der Waals surface area contributed by atoms with Crippen LogP contribution in [0.25, 0.3) is 0 Å². The Bertz CT molecular complexity index is 308. The second-order valence-electron chi connectivity index (χ2n) is 4.73. The minimum atomic E-state index is -0.810. The van der Waals surface area contributed by atoms with E-state index in [1.54, 1.807) is 0 Å². The molecule has 1 aliphatic rings. The fraction of sp³-hybridized carbons (Fsp3) is 0.750. The Morgan fingerprint density at radius 2 is 1.81 bits per heavy atom. The molecular formula is C12H18O4.